The van der Waals surface area contributed by atoms with E-state index >= 15 is 0 Å². The molecule has 0 unspecified atom stereocenters. The van der Waals surface area contributed by atoms with Gasteiger partial charge >= 0.3 is 6.18 Å². The zero-order valence-corrected chi connectivity index (χ0v) is 20.7. The molecule has 2 aliphatic heterocycles. The number of benzene rings is 2. The fraction of sp³-hybridized carbons (Fsp3) is 0.296. The number of hydrogen-bond donors (Lipinski definition) is 3. The summed E-state index contributed by atoms with van der Waals surface area (Å²) >= 11 is 0. The number of aryl methyl sites for hydroxylation is 1. The molecule has 2 aliphatic rings. The van der Waals surface area contributed by atoms with Crippen LogP contribution in [0, 0.1) is 6.92 Å². The van der Waals surface area contributed by atoms with E-state index in [0.29, 0.717) is 29.0 Å². The second-order valence-corrected chi connectivity index (χ2v) is 9.39. The summed E-state index contributed by atoms with van der Waals surface area (Å²) in [5.41, 5.74) is 2.57. The van der Waals surface area contributed by atoms with Gasteiger partial charge in [-0.1, -0.05) is 24.8 Å². The monoisotopic (exact) mass is 524 g/mol. The number of hydrogen-bond acceptors (Lipinski definition) is 7. The summed E-state index contributed by atoms with van der Waals surface area (Å²) < 4.78 is 46.4. The third-order valence-corrected chi connectivity index (χ3v) is 6.69. The van der Waals surface area contributed by atoms with Crippen molar-refractivity contribution in [3.63, 3.8) is 0 Å². The van der Waals surface area contributed by atoms with E-state index in [2.05, 4.69) is 43.5 Å². The minimum absolute atomic E-state index is 0.0206. The lowest BCUT2D eigenvalue weighted by molar-refractivity contribution is -0.137. The molecule has 198 valence electrons. The molecular weight excluding hydrogens is 497 g/mol. The van der Waals surface area contributed by atoms with Crippen LogP contribution >= 0.6 is 0 Å². The highest BCUT2D eigenvalue weighted by Gasteiger charge is 2.37. The van der Waals surface area contributed by atoms with Crippen LogP contribution in [0.15, 0.2) is 61.3 Å². The molecule has 5 rings (SSSR count). The number of likely N-dealkylation sites (tertiary alicyclic amines) is 1. The SMILES string of the molecule is C=CC(=O)Nc1cccc(Nc2nc(Nc3ccc(C4CN(C5COC5)C4)cc3C)ncc2C(F)(F)F)c1. The summed E-state index contributed by atoms with van der Waals surface area (Å²) in [7, 11) is 0. The molecule has 38 heavy (non-hydrogen) atoms. The molecular formula is C27H27F3N6O2. The van der Waals surface area contributed by atoms with Crippen LogP contribution in [0.2, 0.25) is 0 Å². The average molecular weight is 525 g/mol. The highest BCUT2D eigenvalue weighted by Crippen LogP contribution is 2.36. The van der Waals surface area contributed by atoms with Gasteiger partial charge in [-0.3, -0.25) is 9.69 Å². The van der Waals surface area contributed by atoms with Gasteiger partial charge in [0.2, 0.25) is 11.9 Å². The number of carbonyl (C=O) groups is 1. The van der Waals surface area contributed by atoms with Gasteiger partial charge in [-0.05, 0) is 48.4 Å². The number of aromatic nitrogens is 2. The highest BCUT2D eigenvalue weighted by molar-refractivity contribution is 5.99. The molecule has 0 saturated carbocycles. The van der Waals surface area contributed by atoms with E-state index in [0.717, 1.165) is 44.1 Å². The summed E-state index contributed by atoms with van der Waals surface area (Å²) in [5, 5.41) is 8.33. The maximum absolute atomic E-state index is 13.7. The number of halogens is 3. The zero-order valence-electron chi connectivity index (χ0n) is 20.7. The molecule has 0 radical (unpaired) electrons. The van der Waals surface area contributed by atoms with Crippen molar-refractivity contribution < 1.29 is 22.7 Å². The lowest BCUT2D eigenvalue weighted by atomic mass is 9.88. The summed E-state index contributed by atoms with van der Waals surface area (Å²) in [6.45, 7) is 8.92. The first-order valence-corrected chi connectivity index (χ1v) is 12.1. The van der Waals surface area contributed by atoms with Crippen LogP contribution in [0.4, 0.5) is 42.0 Å². The first-order chi connectivity index (χ1) is 18.2. The van der Waals surface area contributed by atoms with Gasteiger partial charge in [0.15, 0.2) is 0 Å². The predicted molar refractivity (Wildman–Crippen MR) is 139 cm³/mol. The van der Waals surface area contributed by atoms with E-state index in [9.17, 15) is 18.0 Å². The van der Waals surface area contributed by atoms with E-state index in [-0.39, 0.29) is 5.95 Å². The zero-order chi connectivity index (χ0) is 26.9. The summed E-state index contributed by atoms with van der Waals surface area (Å²) in [4.78, 5) is 22.0. The maximum Gasteiger partial charge on any atom is 0.421 e. The second-order valence-electron chi connectivity index (χ2n) is 9.39. The van der Waals surface area contributed by atoms with Gasteiger partial charge in [0.25, 0.3) is 0 Å². The van der Waals surface area contributed by atoms with Crippen molar-refractivity contribution >= 4 is 34.7 Å². The maximum atomic E-state index is 13.7. The summed E-state index contributed by atoms with van der Waals surface area (Å²) in [5.74, 6) is -0.373. The van der Waals surface area contributed by atoms with Crippen molar-refractivity contribution in [1.82, 2.24) is 14.9 Å². The Balaban J connectivity index is 1.33. The lowest BCUT2D eigenvalue weighted by Gasteiger charge is -2.47. The number of carbonyl (C=O) groups excluding carboxylic acids is 1. The molecule has 0 atom stereocenters. The lowest BCUT2D eigenvalue weighted by Crippen LogP contribution is -2.58. The smallest absolute Gasteiger partial charge is 0.378 e. The number of amides is 1. The largest absolute Gasteiger partial charge is 0.421 e. The number of nitrogens with one attached hydrogen (secondary N) is 3. The fourth-order valence-corrected chi connectivity index (χ4v) is 4.41. The number of rotatable bonds is 8. The first-order valence-electron chi connectivity index (χ1n) is 12.1. The quantitative estimate of drug-likeness (QED) is 0.349. The van der Waals surface area contributed by atoms with Gasteiger partial charge in [0, 0.05) is 42.3 Å². The number of ether oxygens (including phenoxy) is 1. The van der Waals surface area contributed by atoms with Crippen LogP contribution in [0.25, 0.3) is 0 Å². The van der Waals surface area contributed by atoms with Gasteiger partial charge in [-0.15, -0.1) is 0 Å². The minimum Gasteiger partial charge on any atom is -0.378 e. The van der Waals surface area contributed by atoms with Crippen molar-refractivity contribution in [3.05, 3.63) is 78.0 Å². The molecule has 2 aromatic carbocycles. The van der Waals surface area contributed by atoms with Gasteiger partial charge in [-0.25, -0.2) is 4.98 Å². The van der Waals surface area contributed by atoms with Crippen molar-refractivity contribution in [2.24, 2.45) is 0 Å². The first kappa shape index (κ1) is 25.7. The Morgan fingerprint density at radius 2 is 1.89 bits per heavy atom. The van der Waals surface area contributed by atoms with E-state index in [1.807, 2.05) is 19.1 Å². The van der Waals surface area contributed by atoms with Crippen LogP contribution in [-0.2, 0) is 15.7 Å². The Hall–Kier alpha value is -3.96. The van der Waals surface area contributed by atoms with Crippen molar-refractivity contribution in [3.8, 4) is 0 Å². The average Bonchev–Trinajstić information content (AvgIpc) is 2.81. The Morgan fingerprint density at radius 1 is 1.13 bits per heavy atom. The molecule has 3 aromatic rings. The van der Waals surface area contributed by atoms with Crippen LogP contribution in [0.5, 0.6) is 0 Å². The molecule has 1 aromatic heterocycles. The van der Waals surface area contributed by atoms with Gasteiger partial charge < -0.3 is 20.7 Å². The van der Waals surface area contributed by atoms with Gasteiger partial charge in [-0.2, -0.15) is 18.2 Å². The predicted octanol–water partition coefficient (Wildman–Crippen LogP) is 5.21. The third-order valence-electron chi connectivity index (χ3n) is 6.69. The molecule has 0 aliphatic carbocycles. The molecule has 3 N–H and O–H groups in total. The Labute approximate surface area is 217 Å². The second kappa shape index (κ2) is 10.4. The van der Waals surface area contributed by atoms with E-state index in [1.54, 1.807) is 18.2 Å². The minimum atomic E-state index is -4.67. The fourth-order valence-electron chi connectivity index (χ4n) is 4.41. The standard InChI is InChI=1S/C27H27F3N6O2/c1-3-24(37)32-19-5-4-6-20(10-19)33-25-22(27(28,29)30)11-31-26(35-25)34-23-8-7-17(9-16(23)2)18-12-36(13-18)21-14-38-15-21/h3-11,18,21H,1,12-15H2,2H3,(H,32,37)(H2,31,33,34,35). The molecule has 11 heteroatoms. The third kappa shape index (κ3) is 5.63. The van der Waals surface area contributed by atoms with E-state index < -0.39 is 23.5 Å². The molecule has 8 nitrogen and oxygen atoms in total. The van der Waals surface area contributed by atoms with Crippen molar-refractivity contribution in [2.45, 2.75) is 25.1 Å². The van der Waals surface area contributed by atoms with Crippen molar-refractivity contribution in [2.75, 3.05) is 42.3 Å². The highest BCUT2D eigenvalue weighted by atomic mass is 19.4. The Morgan fingerprint density at radius 3 is 2.55 bits per heavy atom. The van der Waals surface area contributed by atoms with Crippen LogP contribution in [-0.4, -0.2) is 53.1 Å². The van der Waals surface area contributed by atoms with Crippen LogP contribution < -0.4 is 16.0 Å². The topological polar surface area (TPSA) is 91.4 Å². The van der Waals surface area contributed by atoms with Crippen LogP contribution in [0.3, 0.4) is 0 Å². The summed E-state index contributed by atoms with van der Waals surface area (Å²) in [6.07, 6.45) is -2.82. The van der Waals surface area contributed by atoms with Crippen molar-refractivity contribution in [1.29, 1.82) is 0 Å². The Bertz CT molecular complexity index is 1350. The van der Waals surface area contributed by atoms with Crippen LogP contribution in [0.1, 0.15) is 22.6 Å². The summed E-state index contributed by atoms with van der Waals surface area (Å²) in [6, 6.07) is 12.8. The molecule has 1 amide bonds. The number of nitrogens with zero attached hydrogens (tertiary/aromatic N) is 3. The molecule has 2 fully saturated rings. The Kier molecular flexibility index (Phi) is 7.04. The van der Waals surface area contributed by atoms with Gasteiger partial charge in [0.1, 0.15) is 11.4 Å². The number of alkyl halides is 3. The normalized spacial score (nSPS) is 16.3. The van der Waals surface area contributed by atoms with E-state index in [1.165, 1.54) is 11.6 Å². The van der Waals surface area contributed by atoms with Gasteiger partial charge in [0.05, 0.1) is 19.3 Å². The van der Waals surface area contributed by atoms with E-state index in [4.69, 9.17) is 4.74 Å². The molecule has 3 heterocycles. The number of anilines is 5. The molecule has 2 saturated heterocycles. The molecule has 0 bridgehead atoms. The molecule has 0 spiro atoms.